The van der Waals surface area contributed by atoms with Crippen molar-refractivity contribution in [1.82, 2.24) is 20.8 Å². The van der Waals surface area contributed by atoms with E-state index in [0.717, 1.165) is 0 Å². The number of aromatic nitrogens is 2. The Balaban J connectivity index is 2.58. The number of amides is 2. The van der Waals surface area contributed by atoms with Gasteiger partial charge in [0.05, 0.1) is 0 Å². The smallest absolute Gasteiger partial charge is 0.272 e. The zero-order valence-electron chi connectivity index (χ0n) is 7.33. The predicted molar refractivity (Wildman–Crippen MR) is 56.1 cm³/mol. The van der Waals surface area contributed by atoms with E-state index in [1.807, 2.05) is 0 Å². The quantitative estimate of drug-likeness (QED) is 0.465. The standard InChI is InChI=1S/C7H6BrClN4O2/c8-4-1-2-10-6(11-4)7(15)13-12-5(14)3-9/h1-2H,3H2,(H,12,14)(H,13,15). The summed E-state index contributed by atoms with van der Waals surface area (Å²) in [5, 5.41) is 0. The number of carbonyl (C=O) groups excluding carboxylic acids is 2. The SMILES string of the molecule is O=C(CCl)NNC(=O)c1nccc(Br)n1. The first-order valence-electron chi connectivity index (χ1n) is 3.77. The fraction of sp³-hybridized carbons (Fsp3) is 0.143. The van der Waals surface area contributed by atoms with Crippen LogP contribution in [0.1, 0.15) is 10.6 Å². The zero-order valence-corrected chi connectivity index (χ0v) is 9.67. The summed E-state index contributed by atoms with van der Waals surface area (Å²) in [4.78, 5) is 29.5. The molecule has 0 aliphatic rings. The second-order valence-corrected chi connectivity index (χ2v) is 3.42. The zero-order chi connectivity index (χ0) is 11.3. The second kappa shape index (κ2) is 5.62. The van der Waals surface area contributed by atoms with Gasteiger partial charge < -0.3 is 0 Å². The van der Waals surface area contributed by atoms with Gasteiger partial charge in [0, 0.05) is 6.20 Å². The van der Waals surface area contributed by atoms with E-state index in [1.165, 1.54) is 6.20 Å². The molecule has 80 valence electrons. The molecule has 0 aliphatic heterocycles. The van der Waals surface area contributed by atoms with Gasteiger partial charge in [-0.1, -0.05) is 0 Å². The van der Waals surface area contributed by atoms with E-state index in [0.29, 0.717) is 4.60 Å². The van der Waals surface area contributed by atoms with Crippen molar-refractivity contribution < 1.29 is 9.59 Å². The summed E-state index contributed by atoms with van der Waals surface area (Å²) >= 11 is 8.29. The average molecular weight is 294 g/mol. The molecule has 1 aromatic rings. The lowest BCUT2D eigenvalue weighted by Gasteiger charge is -2.03. The van der Waals surface area contributed by atoms with Crippen molar-refractivity contribution in [2.45, 2.75) is 0 Å². The van der Waals surface area contributed by atoms with Gasteiger partial charge in [0.15, 0.2) is 0 Å². The molecule has 8 heteroatoms. The molecule has 0 radical (unpaired) electrons. The first-order valence-corrected chi connectivity index (χ1v) is 5.10. The minimum Gasteiger partial charge on any atom is -0.272 e. The van der Waals surface area contributed by atoms with Gasteiger partial charge in [0.1, 0.15) is 10.5 Å². The third kappa shape index (κ3) is 3.80. The van der Waals surface area contributed by atoms with E-state index < -0.39 is 11.8 Å². The summed E-state index contributed by atoms with van der Waals surface area (Å²) in [7, 11) is 0. The lowest BCUT2D eigenvalue weighted by atomic mass is 10.5. The molecular weight excluding hydrogens is 287 g/mol. The van der Waals surface area contributed by atoms with Crippen LogP contribution in [-0.4, -0.2) is 27.7 Å². The first kappa shape index (κ1) is 11.9. The van der Waals surface area contributed by atoms with E-state index in [4.69, 9.17) is 11.6 Å². The van der Waals surface area contributed by atoms with Crippen LogP contribution in [0.25, 0.3) is 0 Å². The Bertz CT molecular complexity index is 387. The highest BCUT2D eigenvalue weighted by Gasteiger charge is 2.09. The molecule has 1 heterocycles. The van der Waals surface area contributed by atoms with Crippen LogP contribution in [0.2, 0.25) is 0 Å². The van der Waals surface area contributed by atoms with Gasteiger partial charge in [-0.2, -0.15) is 0 Å². The first-order chi connectivity index (χ1) is 7.13. The topological polar surface area (TPSA) is 84.0 Å². The Morgan fingerprint density at radius 3 is 2.80 bits per heavy atom. The van der Waals surface area contributed by atoms with Gasteiger partial charge in [0.25, 0.3) is 5.91 Å². The number of hydrogen-bond acceptors (Lipinski definition) is 4. The Kier molecular flexibility index (Phi) is 4.44. The molecule has 1 rings (SSSR count). The molecule has 2 amide bonds. The van der Waals surface area contributed by atoms with E-state index >= 15 is 0 Å². The Morgan fingerprint density at radius 1 is 1.47 bits per heavy atom. The normalized spacial score (nSPS) is 9.47. The Morgan fingerprint density at radius 2 is 2.20 bits per heavy atom. The molecule has 0 saturated carbocycles. The molecule has 0 aromatic carbocycles. The van der Waals surface area contributed by atoms with E-state index in [-0.39, 0.29) is 11.7 Å². The minimum atomic E-state index is -0.616. The van der Waals surface area contributed by atoms with Crippen molar-refractivity contribution in [3.8, 4) is 0 Å². The van der Waals surface area contributed by atoms with Crippen LogP contribution in [0.5, 0.6) is 0 Å². The van der Waals surface area contributed by atoms with Crippen molar-refractivity contribution in [2.75, 3.05) is 5.88 Å². The predicted octanol–water partition coefficient (Wildman–Crippen LogP) is 0.239. The maximum Gasteiger partial charge on any atom is 0.307 e. The number of carbonyl (C=O) groups is 2. The number of hydrogen-bond donors (Lipinski definition) is 2. The molecule has 0 bridgehead atoms. The highest BCUT2D eigenvalue weighted by molar-refractivity contribution is 9.10. The molecule has 0 aliphatic carbocycles. The average Bonchev–Trinajstić information content (AvgIpc) is 2.25. The largest absolute Gasteiger partial charge is 0.307 e. The van der Waals surface area contributed by atoms with E-state index in [9.17, 15) is 9.59 Å². The summed E-state index contributed by atoms with van der Waals surface area (Å²) in [5.41, 5.74) is 4.19. The molecular formula is C7H6BrClN4O2. The number of nitrogens with one attached hydrogen (secondary N) is 2. The summed E-state index contributed by atoms with van der Waals surface area (Å²) in [6, 6.07) is 1.58. The Hall–Kier alpha value is -1.21. The van der Waals surface area contributed by atoms with Crippen LogP contribution >= 0.6 is 27.5 Å². The molecule has 0 spiro atoms. The second-order valence-electron chi connectivity index (χ2n) is 2.34. The summed E-state index contributed by atoms with van der Waals surface area (Å²) in [6.45, 7) is 0. The van der Waals surface area contributed by atoms with E-state index in [1.54, 1.807) is 6.07 Å². The molecule has 2 N–H and O–H groups in total. The third-order valence-electron chi connectivity index (χ3n) is 1.26. The minimum absolute atomic E-state index is 0.0563. The number of nitrogens with zero attached hydrogens (tertiary/aromatic N) is 2. The van der Waals surface area contributed by atoms with Crippen LogP contribution in [0.3, 0.4) is 0 Å². The fourth-order valence-corrected chi connectivity index (χ4v) is 1.01. The van der Waals surface area contributed by atoms with Gasteiger partial charge in [0.2, 0.25) is 5.82 Å². The monoisotopic (exact) mass is 292 g/mol. The molecule has 1 aromatic heterocycles. The highest BCUT2D eigenvalue weighted by atomic mass is 79.9. The molecule has 0 fully saturated rings. The maximum atomic E-state index is 11.3. The Labute approximate surface area is 98.5 Å². The maximum absolute atomic E-state index is 11.3. The third-order valence-corrected chi connectivity index (χ3v) is 1.95. The number of alkyl halides is 1. The van der Waals surface area contributed by atoms with Gasteiger partial charge in [-0.25, -0.2) is 9.97 Å². The molecule has 0 saturated heterocycles. The van der Waals surface area contributed by atoms with Crippen LogP contribution in [0.4, 0.5) is 0 Å². The van der Waals surface area contributed by atoms with Crippen LogP contribution in [0, 0.1) is 0 Å². The van der Waals surface area contributed by atoms with Crippen molar-refractivity contribution in [3.63, 3.8) is 0 Å². The van der Waals surface area contributed by atoms with Crippen LogP contribution in [0.15, 0.2) is 16.9 Å². The lowest BCUT2D eigenvalue weighted by molar-refractivity contribution is -0.119. The van der Waals surface area contributed by atoms with Crippen molar-refractivity contribution in [1.29, 1.82) is 0 Å². The molecule has 0 unspecified atom stereocenters. The van der Waals surface area contributed by atoms with Gasteiger partial charge in [-0.3, -0.25) is 20.4 Å². The van der Waals surface area contributed by atoms with Gasteiger partial charge >= 0.3 is 5.91 Å². The van der Waals surface area contributed by atoms with Crippen LogP contribution in [-0.2, 0) is 4.79 Å². The molecule has 6 nitrogen and oxygen atoms in total. The lowest BCUT2D eigenvalue weighted by Crippen LogP contribution is -2.42. The van der Waals surface area contributed by atoms with Crippen molar-refractivity contribution in [2.24, 2.45) is 0 Å². The van der Waals surface area contributed by atoms with Crippen molar-refractivity contribution in [3.05, 3.63) is 22.7 Å². The molecule has 15 heavy (non-hydrogen) atoms. The fourth-order valence-electron chi connectivity index (χ4n) is 0.662. The number of hydrazine groups is 1. The van der Waals surface area contributed by atoms with Gasteiger partial charge in [-0.05, 0) is 22.0 Å². The van der Waals surface area contributed by atoms with Crippen molar-refractivity contribution >= 4 is 39.3 Å². The number of halogens is 2. The molecule has 0 atom stereocenters. The van der Waals surface area contributed by atoms with E-state index in [2.05, 4.69) is 36.7 Å². The number of rotatable bonds is 2. The van der Waals surface area contributed by atoms with Gasteiger partial charge in [-0.15, -0.1) is 11.6 Å². The summed E-state index contributed by atoms with van der Waals surface area (Å²) in [6.07, 6.45) is 1.41. The van der Waals surface area contributed by atoms with Crippen LogP contribution < -0.4 is 10.9 Å². The highest BCUT2D eigenvalue weighted by Crippen LogP contribution is 2.02. The summed E-state index contributed by atoms with van der Waals surface area (Å²) < 4.78 is 0.478. The summed E-state index contributed by atoms with van der Waals surface area (Å²) in [5.74, 6) is -1.42.